The van der Waals surface area contributed by atoms with E-state index in [0.717, 1.165) is 21.6 Å². The zero-order valence-electron chi connectivity index (χ0n) is 19.4. The van der Waals surface area contributed by atoms with E-state index in [-0.39, 0.29) is 29.4 Å². The van der Waals surface area contributed by atoms with Crippen LogP contribution in [0.3, 0.4) is 0 Å². The molecule has 2 N–H and O–H groups in total. The molecule has 0 unspecified atom stereocenters. The number of aliphatic hydroxyl groups is 1. The molecule has 3 fully saturated rings. The van der Waals surface area contributed by atoms with Crippen LogP contribution in [0.4, 0.5) is 0 Å². The molecular weight excluding hydrogens is 438 g/mol. The summed E-state index contributed by atoms with van der Waals surface area (Å²) >= 11 is 1.53. The molecule has 1 saturated carbocycles. The summed E-state index contributed by atoms with van der Waals surface area (Å²) in [5, 5.41) is 24.0. The fourth-order valence-electron chi connectivity index (χ4n) is 6.33. The highest BCUT2D eigenvalue weighted by Gasteiger charge is 2.67. The van der Waals surface area contributed by atoms with E-state index in [2.05, 4.69) is 0 Å². The van der Waals surface area contributed by atoms with Gasteiger partial charge in [0.1, 0.15) is 5.75 Å². The lowest BCUT2D eigenvalue weighted by atomic mass is 9.62. The lowest BCUT2D eigenvalue weighted by Crippen LogP contribution is -2.55. The molecule has 3 aliphatic rings. The smallest absolute Gasteiger partial charge is 0.233 e. The molecule has 6 nitrogen and oxygen atoms in total. The fraction of sp³-hybridized carbons (Fsp3) is 0.538. The second-order valence-corrected chi connectivity index (χ2v) is 11.3. The number of rotatable bonds is 4. The van der Waals surface area contributed by atoms with Crippen molar-refractivity contribution in [2.75, 3.05) is 0 Å². The van der Waals surface area contributed by atoms with Crippen molar-refractivity contribution in [1.82, 2.24) is 4.90 Å². The van der Waals surface area contributed by atoms with Gasteiger partial charge in [-0.1, -0.05) is 19.9 Å². The van der Waals surface area contributed by atoms with E-state index in [9.17, 15) is 19.8 Å². The Balaban J connectivity index is 1.51. The van der Waals surface area contributed by atoms with Gasteiger partial charge in [-0.3, -0.25) is 14.5 Å². The second-order valence-electron chi connectivity index (χ2n) is 10.3. The topological polar surface area (TPSA) is 87.1 Å². The molecular formula is C26H31NO5S. The van der Waals surface area contributed by atoms with Crippen molar-refractivity contribution < 1.29 is 24.5 Å². The first-order valence-electron chi connectivity index (χ1n) is 11.7. The molecule has 33 heavy (non-hydrogen) atoms. The third-order valence-corrected chi connectivity index (χ3v) is 8.82. The minimum Gasteiger partial charge on any atom is -0.507 e. The molecule has 2 amide bonds. The quantitative estimate of drug-likeness (QED) is 0.652. The normalized spacial score (nSPS) is 33.6. The average molecular weight is 470 g/mol. The largest absolute Gasteiger partial charge is 0.507 e. The summed E-state index contributed by atoms with van der Waals surface area (Å²) in [4.78, 5) is 29.3. The van der Waals surface area contributed by atoms with Crippen molar-refractivity contribution in [3.05, 3.63) is 51.2 Å². The van der Waals surface area contributed by atoms with Gasteiger partial charge in [0.05, 0.1) is 24.5 Å². The number of fused-ring (bicyclic) bond motifs is 3. The van der Waals surface area contributed by atoms with Gasteiger partial charge in [-0.25, -0.2) is 0 Å². The Labute approximate surface area is 198 Å². The van der Waals surface area contributed by atoms with Gasteiger partial charge in [0, 0.05) is 16.7 Å². The van der Waals surface area contributed by atoms with E-state index in [0.29, 0.717) is 19.4 Å². The van der Waals surface area contributed by atoms with E-state index in [1.807, 2.05) is 57.3 Å². The monoisotopic (exact) mass is 469 g/mol. The highest BCUT2D eigenvalue weighted by molar-refractivity contribution is 7.09. The van der Waals surface area contributed by atoms with E-state index in [1.54, 1.807) is 0 Å². The minimum absolute atomic E-state index is 0.0924. The number of nitrogens with zero attached hydrogens (tertiary/aromatic N) is 1. The highest BCUT2D eigenvalue weighted by atomic mass is 32.1. The number of carbonyl (C=O) groups is 2. The summed E-state index contributed by atoms with van der Waals surface area (Å²) in [6, 6.07) is 7.63. The van der Waals surface area contributed by atoms with Crippen LogP contribution in [0.25, 0.3) is 0 Å². The number of likely N-dealkylation sites (tertiary alicyclic amines) is 1. The summed E-state index contributed by atoms with van der Waals surface area (Å²) < 4.78 is 6.39. The third kappa shape index (κ3) is 3.44. The molecule has 5 rings (SSSR count). The summed E-state index contributed by atoms with van der Waals surface area (Å²) in [6.07, 6.45) is 0.518. The van der Waals surface area contributed by atoms with Gasteiger partial charge in [0.2, 0.25) is 11.8 Å². The van der Waals surface area contributed by atoms with Crippen molar-refractivity contribution in [1.29, 1.82) is 0 Å². The van der Waals surface area contributed by atoms with E-state index in [1.165, 1.54) is 16.2 Å². The number of phenolic OH excluding ortho intramolecular Hbond substituents is 1. The van der Waals surface area contributed by atoms with Crippen LogP contribution < -0.4 is 0 Å². The van der Waals surface area contributed by atoms with Gasteiger partial charge in [-0.15, -0.1) is 11.3 Å². The van der Waals surface area contributed by atoms with Gasteiger partial charge < -0.3 is 14.9 Å². The first kappa shape index (κ1) is 22.6. The van der Waals surface area contributed by atoms with E-state index >= 15 is 0 Å². The maximum absolute atomic E-state index is 13.5. The Morgan fingerprint density at radius 3 is 2.48 bits per heavy atom. The standard InChI is InChI=1S/C26H31NO5S/c1-13(2)19-10-18-22(25(30)27(24(18)29)12-17-6-5-7-33-17)20-11-21(32-26(19,20)31)16-8-14(3)23(28)15(4)9-16/h5-9,13,18-22,28,31H,10-12H2,1-4H3/t18-,19+,20-,21-,22-,26+/m0/s1. The van der Waals surface area contributed by atoms with E-state index in [4.69, 9.17) is 4.74 Å². The number of ether oxygens (including phenoxy) is 1. The summed E-state index contributed by atoms with van der Waals surface area (Å²) in [7, 11) is 0. The Morgan fingerprint density at radius 1 is 1.18 bits per heavy atom. The summed E-state index contributed by atoms with van der Waals surface area (Å²) in [5.41, 5.74) is 2.39. The molecule has 0 radical (unpaired) electrons. The lowest BCUT2D eigenvalue weighted by Gasteiger charge is -2.46. The van der Waals surface area contributed by atoms with Crippen LogP contribution in [0, 0.1) is 43.4 Å². The second kappa shape index (κ2) is 7.93. The van der Waals surface area contributed by atoms with Gasteiger partial charge in [-0.05, 0) is 72.9 Å². The number of imide groups is 1. The first-order chi connectivity index (χ1) is 15.6. The van der Waals surface area contributed by atoms with Gasteiger partial charge in [0.15, 0.2) is 5.79 Å². The molecule has 3 heterocycles. The van der Waals surface area contributed by atoms with Crippen LogP contribution in [0.1, 0.15) is 54.4 Å². The maximum atomic E-state index is 13.5. The Kier molecular flexibility index (Phi) is 5.42. The number of amides is 2. The number of hydrogen-bond acceptors (Lipinski definition) is 6. The van der Waals surface area contributed by atoms with Gasteiger partial charge >= 0.3 is 0 Å². The fourth-order valence-corrected chi connectivity index (χ4v) is 7.02. The van der Waals surface area contributed by atoms with Crippen molar-refractivity contribution >= 4 is 23.2 Å². The molecule has 1 aromatic heterocycles. The Bertz CT molecular complexity index is 1070. The molecule has 6 atom stereocenters. The molecule has 176 valence electrons. The summed E-state index contributed by atoms with van der Waals surface area (Å²) in [6.45, 7) is 8.06. The van der Waals surface area contributed by atoms with Crippen molar-refractivity contribution in [2.24, 2.45) is 29.6 Å². The number of aryl methyl sites for hydroxylation is 2. The third-order valence-electron chi connectivity index (χ3n) is 7.95. The van der Waals surface area contributed by atoms with Crippen LogP contribution in [-0.4, -0.2) is 32.7 Å². The molecule has 7 heteroatoms. The van der Waals surface area contributed by atoms with Gasteiger partial charge in [0.25, 0.3) is 0 Å². The zero-order valence-corrected chi connectivity index (χ0v) is 20.3. The zero-order chi connectivity index (χ0) is 23.7. The molecule has 0 bridgehead atoms. The van der Waals surface area contributed by atoms with Crippen molar-refractivity contribution in [2.45, 2.75) is 59.0 Å². The highest BCUT2D eigenvalue weighted by Crippen LogP contribution is 2.59. The van der Waals surface area contributed by atoms with Gasteiger partial charge in [-0.2, -0.15) is 0 Å². The number of phenols is 1. The molecule has 1 aliphatic carbocycles. The number of carbonyl (C=O) groups excluding carboxylic acids is 2. The van der Waals surface area contributed by atoms with Crippen LogP contribution in [-0.2, 0) is 20.9 Å². The number of hydrogen-bond donors (Lipinski definition) is 2. The Morgan fingerprint density at radius 2 is 1.88 bits per heavy atom. The maximum Gasteiger partial charge on any atom is 0.233 e. The average Bonchev–Trinajstić information content (AvgIpc) is 3.45. The van der Waals surface area contributed by atoms with Crippen LogP contribution in [0.15, 0.2) is 29.6 Å². The van der Waals surface area contributed by atoms with Crippen LogP contribution in [0.2, 0.25) is 0 Å². The van der Waals surface area contributed by atoms with Crippen molar-refractivity contribution in [3.63, 3.8) is 0 Å². The first-order valence-corrected chi connectivity index (χ1v) is 12.6. The molecule has 2 aromatic rings. The predicted molar refractivity (Wildman–Crippen MR) is 124 cm³/mol. The summed E-state index contributed by atoms with van der Waals surface area (Å²) in [5.74, 6) is -3.10. The number of benzene rings is 1. The number of aromatic hydroxyl groups is 1. The molecule has 0 spiro atoms. The molecule has 2 aliphatic heterocycles. The predicted octanol–water partition coefficient (Wildman–Crippen LogP) is 4.31. The number of thiophene rings is 1. The van der Waals surface area contributed by atoms with Crippen LogP contribution >= 0.6 is 11.3 Å². The molecule has 1 aromatic carbocycles. The SMILES string of the molecule is Cc1cc([C@@H]2C[C@H]3[C@H]4C(=O)N(Cc5cccs5)C(=O)[C@H]4C[C@H](C(C)C)[C@@]3(O)O2)cc(C)c1O. The van der Waals surface area contributed by atoms with Crippen molar-refractivity contribution in [3.8, 4) is 5.75 Å². The Hall–Kier alpha value is -2.22. The van der Waals surface area contributed by atoms with E-state index < -0.39 is 29.6 Å². The van der Waals surface area contributed by atoms with Crippen LogP contribution in [0.5, 0.6) is 5.75 Å². The lowest BCUT2D eigenvalue weighted by molar-refractivity contribution is -0.276. The molecule has 2 saturated heterocycles. The minimum atomic E-state index is -1.46.